The van der Waals surface area contributed by atoms with E-state index in [0.29, 0.717) is 23.0 Å². The number of halogens is 2. The normalized spacial score (nSPS) is 20.4. The van der Waals surface area contributed by atoms with Gasteiger partial charge in [-0.1, -0.05) is 89.3 Å². The van der Waals surface area contributed by atoms with Crippen molar-refractivity contribution in [1.82, 2.24) is 9.55 Å². The molecule has 1 aromatic heterocycles. The molecule has 232 valence electrons. The van der Waals surface area contributed by atoms with Gasteiger partial charge < -0.3 is 25.4 Å². The first-order valence-electron chi connectivity index (χ1n) is 14.7. The first-order chi connectivity index (χ1) is 20.1. The number of carboxylic acid groups (broad SMARTS) is 1. The standard InChI is InChI=1S/C30H41F2N3O7/c1-2-3-4-5-6-7-8-9-10-11-16-22(27(39)40)20-14-12-13-15-21(20)26(38)33-24-17-18-35(29(41)34-24)28-30(31,32)25(37)23(19-36)42-28/h12-15,17-18,22-23,25,28,36-37H,2-11,16,19H2,1H3,(H,39,40)(H,33,34,38,41)/t22?,23-,25-,28-/m1/s1. The third-order valence-electron chi connectivity index (χ3n) is 7.61. The Morgan fingerprint density at radius 3 is 2.24 bits per heavy atom. The Hall–Kier alpha value is -3.22. The number of nitrogens with one attached hydrogen (secondary N) is 1. The summed E-state index contributed by atoms with van der Waals surface area (Å²) in [5.74, 6) is -6.77. The van der Waals surface area contributed by atoms with Crippen LogP contribution in [0, 0.1) is 0 Å². The Labute approximate surface area is 243 Å². The maximum atomic E-state index is 14.4. The minimum absolute atomic E-state index is 0.0996. The predicted molar refractivity (Wildman–Crippen MR) is 152 cm³/mol. The smallest absolute Gasteiger partial charge is 0.351 e. The van der Waals surface area contributed by atoms with Gasteiger partial charge in [0.2, 0.25) is 6.23 Å². The molecular weight excluding hydrogens is 552 g/mol. The number of anilines is 1. The molecule has 1 unspecified atom stereocenters. The zero-order chi connectivity index (χ0) is 30.7. The average Bonchev–Trinajstić information content (AvgIpc) is 3.19. The molecule has 1 amide bonds. The number of nitrogens with zero attached hydrogens (tertiary/aromatic N) is 2. The summed E-state index contributed by atoms with van der Waals surface area (Å²) < 4.78 is 34.3. The summed E-state index contributed by atoms with van der Waals surface area (Å²) in [5.41, 5.74) is -0.752. The Balaban J connectivity index is 1.62. The van der Waals surface area contributed by atoms with Crippen molar-refractivity contribution in [1.29, 1.82) is 0 Å². The number of hydrogen-bond donors (Lipinski definition) is 4. The molecule has 2 heterocycles. The minimum Gasteiger partial charge on any atom is -0.481 e. The van der Waals surface area contributed by atoms with Crippen molar-refractivity contribution in [3.63, 3.8) is 0 Å². The SMILES string of the molecule is CCCCCCCCCCCCC(C(=O)O)c1ccccc1C(=O)Nc1ccn([C@@H]2O[C@H](CO)[C@@H](O)C2(F)F)c(=O)n1. The summed E-state index contributed by atoms with van der Waals surface area (Å²) >= 11 is 0. The van der Waals surface area contributed by atoms with E-state index in [1.54, 1.807) is 18.2 Å². The van der Waals surface area contributed by atoms with Gasteiger partial charge in [0.05, 0.1) is 12.5 Å². The lowest BCUT2D eigenvalue weighted by molar-refractivity contribution is -0.141. The van der Waals surface area contributed by atoms with Crippen LogP contribution in [-0.4, -0.2) is 61.5 Å². The monoisotopic (exact) mass is 593 g/mol. The third kappa shape index (κ3) is 8.42. The van der Waals surface area contributed by atoms with E-state index in [4.69, 9.17) is 9.84 Å². The molecule has 1 fully saturated rings. The molecule has 12 heteroatoms. The summed E-state index contributed by atoms with van der Waals surface area (Å²) in [6.45, 7) is 1.32. The summed E-state index contributed by atoms with van der Waals surface area (Å²) in [7, 11) is 0. The van der Waals surface area contributed by atoms with Gasteiger partial charge in [-0.05, 0) is 24.1 Å². The molecule has 2 aromatic rings. The number of carbonyl (C=O) groups excluding carboxylic acids is 1. The number of aliphatic hydroxyl groups is 2. The predicted octanol–water partition coefficient (Wildman–Crippen LogP) is 4.86. The fourth-order valence-corrected chi connectivity index (χ4v) is 5.22. The van der Waals surface area contributed by atoms with Gasteiger partial charge >= 0.3 is 17.6 Å². The fraction of sp³-hybridized carbons (Fsp3) is 0.600. The number of aliphatic carboxylic acids is 1. The van der Waals surface area contributed by atoms with Gasteiger partial charge in [0, 0.05) is 11.8 Å². The molecule has 1 saturated heterocycles. The van der Waals surface area contributed by atoms with Crippen molar-refractivity contribution in [3.05, 3.63) is 58.1 Å². The number of benzene rings is 1. The van der Waals surface area contributed by atoms with Crippen LogP contribution in [0.5, 0.6) is 0 Å². The zero-order valence-electron chi connectivity index (χ0n) is 23.9. The number of unbranched alkanes of at least 4 members (excludes halogenated alkanes) is 9. The first kappa shape index (κ1) is 33.3. The number of hydrogen-bond acceptors (Lipinski definition) is 7. The van der Waals surface area contributed by atoms with E-state index in [-0.39, 0.29) is 11.4 Å². The molecule has 1 aromatic carbocycles. The molecule has 4 atom stereocenters. The first-order valence-corrected chi connectivity index (χ1v) is 14.7. The van der Waals surface area contributed by atoms with Gasteiger partial charge in [-0.2, -0.15) is 13.8 Å². The topological polar surface area (TPSA) is 151 Å². The van der Waals surface area contributed by atoms with Crippen LogP contribution >= 0.6 is 0 Å². The van der Waals surface area contributed by atoms with E-state index in [2.05, 4.69) is 17.2 Å². The zero-order valence-corrected chi connectivity index (χ0v) is 23.9. The summed E-state index contributed by atoms with van der Waals surface area (Å²) in [6, 6.07) is 7.40. The molecule has 0 bridgehead atoms. The molecule has 0 saturated carbocycles. The maximum Gasteiger partial charge on any atom is 0.351 e. The van der Waals surface area contributed by atoms with E-state index in [9.17, 15) is 33.4 Å². The largest absolute Gasteiger partial charge is 0.481 e. The van der Waals surface area contributed by atoms with Crippen LogP contribution in [0.15, 0.2) is 41.3 Å². The number of alkyl halides is 2. The van der Waals surface area contributed by atoms with Gasteiger partial charge in [0.25, 0.3) is 5.91 Å². The van der Waals surface area contributed by atoms with Crippen LogP contribution in [0.25, 0.3) is 0 Å². The number of carboxylic acids is 1. The fourth-order valence-electron chi connectivity index (χ4n) is 5.22. The molecule has 42 heavy (non-hydrogen) atoms. The molecule has 0 aliphatic carbocycles. The van der Waals surface area contributed by atoms with Crippen molar-refractivity contribution < 1.29 is 38.4 Å². The van der Waals surface area contributed by atoms with Crippen LogP contribution in [0.4, 0.5) is 14.6 Å². The second-order valence-corrected chi connectivity index (χ2v) is 10.7. The highest BCUT2D eigenvalue weighted by Gasteiger charge is 2.59. The lowest BCUT2D eigenvalue weighted by Crippen LogP contribution is -2.41. The Morgan fingerprint density at radius 2 is 1.67 bits per heavy atom. The van der Waals surface area contributed by atoms with E-state index in [0.717, 1.165) is 31.5 Å². The molecule has 10 nitrogen and oxygen atoms in total. The van der Waals surface area contributed by atoms with Crippen LogP contribution < -0.4 is 11.0 Å². The molecule has 1 aliphatic rings. The maximum absolute atomic E-state index is 14.4. The molecule has 4 N–H and O–H groups in total. The molecule has 0 spiro atoms. The molecule has 0 radical (unpaired) electrons. The number of rotatable bonds is 17. The van der Waals surface area contributed by atoms with Crippen LogP contribution in [0.1, 0.15) is 106 Å². The van der Waals surface area contributed by atoms with Gasteiger partial charge in [-0.15, -0.1) is 0 Å². The Kier molecular flexibility index (Phi) is 12.6. The number of aromatic nitrogens is 2. The van der Waals surface area contributed by atoms with Crippen molar-refractivity contribution in [2.45, 2.75) is 108 Å². The summed E-state index contributed by atoms with van der Waals surface area (Å²) in [4.78, 5) is 41.5. The third-order valence-corrected chi connectivity index (χ3v) is 7.61. The minimum atomic E-state index is -3.87. The van der Waals surface area contributed by atoms with Crippen molar-refractivity contribution >= 4 is 17.7 Å². The highest BCUT2D eigenvalue weighted by molar-refractivity contribution is 6.05. The van der Waals surface area contributed by atoms with Gasteiger partial charge in [-0.3, -0.25) is 14.2 Å². The van der Waals surface area contributed by atoms with E-state index in [1.807, 2.05) is 0 Å². The van der Waals surface area contributed by atoms with Gasteiger partial charge in [-0.25, -0.2) is 4.79 Å². The lowest BCUT2D eigenvalue weighted by atomic mass is 9.89. The highest BCUT2D eigenvalue weighted by Crippen LogP contribution is 2.42. The van der Waals surface area contributed by atoms with E-state index >= 15 is 0 Å². The molecule has 1 aliphatic heterocycles. The Bertz CT molecular complexity index is 1240. The molecular formula is C30H41F2N3O7. The van der Waals surface area contributed by atoms with Crippen LogP contribution in [-0.2, 0) is 9.53 Å². The number of amides is 1. The number of ether oxygens (including phenoxy) is 1. The van der Waals surface area contributed by atoms with Gasteiger partial charge in [0.1, 0.15) is 11.9 Å². The van der Waals surface area contributed by atoms with Crippen molar-refractivity contribution in [2.24, 2.45) is 0 Å². The van der Waals surface area contributed by atoms with Gasteiger partial charge in [0.15, 0.2) is 6.10 Å². The second kappa shape index (κ2) is 15.9. The van der Waals surface area contributed by atoms with Crippen molar-refractivity contribution in [3.8, 4) is 0 Å². The van der Waals surface area contributed by atoms with Crippen LogP contribution in [0.3, 0.4) is 0 Å². The average molecular weight is 594 g/mol. The van der Waals surface area contributed by atoms with E-state index < -0.39 is 54.4 Å². The second-order valence-electron chi connectivity index (χ2n) is 10.7. The number of carbonyl (C=O) groups is 2. The molecule has 3 rings (SSSR count). The number of aliphatic hydroxyl groups excluding tert-OH is 2. The Morgan fingerprint density at radius 1 is 1.05 bits per heavy atom. The summed E-state index contributed by atoms with van der Waals surface area (Å²) in [5, 5.41) is 31.3. The quantitative estimate of drug-likeness (QED) is 0.190. The lowest BCUT2D eigenvalue weighted by Gasteiger charge is -2.21. The van der Waals surface area contributed by atoms with Crippen LogP contribution in [0.2, 0.25) is 0 Å². The van der Waals surface area contributed by atoms with Crippen molar-refractivity contribution in [2.75, 3.05) is 11.9 Å². The van der Waals surface area contributed by atoms with E-state index in [1.165, 1.54) is 44.6 Å². The highest BCUT2D eigenvalue weighted by atomic mass is 19.3. The summed E-state index contributed by atoms with van der Waals surface area (Å²) in [6.07, 6.45) is 6.34.